The maximum absolute atomic E-state index is 11.9. The molecule has 0 bridgehead atoms. The highest BCUT2D eigenvalue weighted by atomic mass is 35.5. The number of halogens is 2. The van der Waals surface area contributed by atoms with Gasteiger partial charge in [-0.05, 0) is 82.9 Å². The summed E-state index contributed by atoms with van der Waals surface area (Å²) in [6.07, 6.45) is 4.65. The molecule has 0 heterocycles. The maximum atomic E-state index is 11.9. The molecule has 4 aromatic carbocycles. The van der Waals surface area contributed by atoms with E-state index in [4.69, 9.17) is 32.7 Å². The Kier molecular flexibility index (Phi) is 9.52. The first-order valence-electron chi connectivity index (χ1n) is 11.8. The van der Waals surface area contributed by atoms with Crippen LogP contribution in [0.5, 0.6) is 11.5 Å². The summed E-state index contributed by atoms with van der Waals surface area (Å²) >= 11 is 11.9. The average molecular weight is 543 g/mol. The summed E-state index contributed by atoms with van der Waals surface area (Å²) in [4.78, 5) is 23.9. The molecule has 0 atom stereocenters. The van der Waals surface area contributed by atoms with Gasteiger partial charge in [-0.25, -0.2) is 0 Å². The number of hydrogen-bond acceptors (Lipinski definition) is 4. The van der Waals surface area contributed by atoms with Crippen LogP contribution in [0.1, 0.15) is 22.3 Å². The van der Waals surface area contributed by atoms with Gasteiger partial charge in [0, 0.05) is 21.2 Å². The minimum Gasteiger partial charge on any atom is -0.489 e. The van der Waals surface area contributed by atoms with Gasteiger partial charge in [0.1, 0.15) is 24.7 Å². The van der Waals surface area contributed by atoms with Crippen LogP contribution in [0.3, 0.4) is 0 Å². The lowest BCUT2D eigenvalue weighted by molar-refractivity contribution is -0.107. The molecule has 0 aliphatic carbocycles. The van der Waals surface area contributed by atoms with Gasteiger partial charge in [-0.2, -0.15) is 0 Å². The highest BCUT2D eigenvalue weighted by Gasteiger charge is 2.07. The van der Waals surface area contributed by atoms with Gasteiger partial charge in [-0.1, -0.05) is 71.7 Å². The van der Waals surface area contributed by atoms with Gasteiger partial charge in [-0.3, -0.25) is 9.59 Å². The Labute approximate surface area is 231 Å². The Morgan fingerprint density at radius 1 is 0.579 bits per heavy atom. The van der Waals surface area contributed by atoms with Crippen molar-refractivity contribution in [3.05, 3.63) is 141 Å². The molecule has 0 fully saturated rings. The molecule has 4 rings (SSSR count). The Morgan fingerprint density at radius 3 is 1.34 bits per heavy atom. The minimum absolute atomic E-state index is 0.252. The van der Waals surface area contributed by atoms with Crippen molar-refractivity contribution in [2.75, 3.05) is 0 Å². The van der Waals surface area contributed by atoms with Gasteiger partial charge in [0.05, 0.1) is 0 Å². The minimum atomic E-state index is 0.252. The van der Waals surface area contributed by atoms with Crippen LogP contribution in [0.25, 0.3) is 12.2 Å². The molecule has 0 unspecified atom stereocenters. The number of aldehydes is 2. The summed E-state index contributed by atoms with van der Waals surface area (Å²) in [5.41, 5.74) is 3.93. The summed E-state index contributed by atoms with van der Waals surface area (Å²) in [5, 5.41) is 1.33. The smallest absolute Gasteiger partial charge is 0.150 e. The van der Waals surface area contributed by atoms with E-state index in [2.05, 4.69) is 0 Å². The van der Waals surface area contributed by atoms with E-state index in [-0.39, 0.29) is 11.1 Å². The second-order valence-electron chi connectivity index (χ2n) is 8.41. The second-order valence-corrected chi connectivity index (χ2v) is 9.28. The number of hydrogen-bond donors (Lipinski definition) is 0. The number of carbonyl (C=O) groups is 2. The van der Waals surface area contributed by atoms with Crippen molar-refractivity contribution < 1.29 is 19.1 Å². The molecular weight excluding hydrogens is 519 g/mol. The molecule has 0 amide bonds. The molecule has 4 nitrogen and oxygen atoms in total. The molecule has 190 valence electrons. The molecule has 38 heavy (non-hydrogen) atoms. The first kappa shape index (κ1) is 26.9. The number of benzene rings is 4. The quantitative estimate of drug-likeness (QED) is 0.109. The number of ether oxygens (including phenoxy) is 2. The molecule has 0 aromatic heterocycles. The SMILES string of the molecule is O=CC(=Cc1cccc(OCc2ccc(Cl)cc2)c1)C(C=O)=Cc1cccc(OCc2ccc(Cl)cc2)c1. The summed E-state index contributed by atoms with van der Waals surface area (Å²) < 4.78 is 11.8. The van der Waals surface area contributed by atoms with Crippen LogP contribution in [0.4, 0.5) is 0 Å². The normalized spacial score (nSPS) is 11.6. The van der Waals surface area contributed by atoms with E-state index in [1.165, 1.54) is 0 Å². The van der Waals surface area contributed by atoms with E-state index >= 15 is 0 Å². The molecule has 0 saturated heterocycles. The summed E-state index contributed by atoms with van der Waals surface area (Å²) in [6.45, 7) is 0.752. The molecule has 0 aliphatic rings. The zero-order valence-corrected chi connectivity index (χ0v) is 21.9. The van der Waals surface area contributed by atoms with Crippen molar-refractivity contribution in [3.63, 3.8) is 0 Å². The predicted octanol–water partition coefficient (Wildman–Crippen LogP) is 8.02. The van der Waals surface area contributed by atoms with Crippen LogP contribution < -0.4 is 9.47 Å². The van der Waals surface area contributed by atoms with E-state index in [1.807, 2.05) is 97.1 Å². The van der Waals surface area contributed by atoms with Crippen molar-refractivity contribution in [2.24, 2.45) is 0 Å². The van der Waals surface area contributed by atoms with Crippen molar-refractivity contribution in [1.29, 1.82) is 0 Å². The highest BCUT2D eigenvalue weighted by molar-refractivity contribution is 6.30. The Hall–Kier alpha value is -4.12. The molecule has 0 saturated carbocycles. The van der Waals surface area contributed by atoms with E-state index in [0.29, 0.717) is 47.3 Å². The molecular formula is C32H24Cl2O4. The molecule has 0 N–H and O–H groups in total. The number of allylic oxidation sites excluding steroid dienone is 2. The largest absolute Gasteiger partial charge is 0.489 e. The zero-order valence-electron chi connectivity index (χ0n) is 20.4. The average Bonchev–Trinajstić information content (AvgIpc) is 2.95. The third-order valence-electron chi connectivity index (χ3n) is 5.59. The van der Waals surface area contributed by atoms with E-state index in [1.54, 1.807) is 12.2 Å². The summed E-state index contributed by atoms with van der Waals surface area (Å²) in [6, 6.07) is 29.5. The van der Waals surface area contributed by atoms with Crippen molar-refractivity contribution in [3.8, 4) is 11.5 Å². The van der Waals surface area contributed by atoms with E-state index in [9.17, 15) is 9.59 Å². The van der Waals surface area contributed by atoms with E-state index in [0.717, 1.165) is 22.3 Å². The van der Waals surface area contributed by atoms with Gasteiger partial charge >= 0.3 is 0 Å². The van der Waals surface area contributed by atoms with Gasteiger partial charge in [-0.15, -0.1) is 0 Å². The Morgan fingerprint density at radius 2 is 0.974 bits per heavy atom. The monoisotopic (exact) mass is 542 g/mol. The van der Waals surface area contributed by atoms with Gasteiger partial charge in [0.15, 0.2) is 12.6 Å². The molecule has 0 radical (unpaired) electrons. The fourth-order valence-electron chi connectivity index (χ4n) is 3.61. The van der Waals surface area contributed by atoms with Crippen LogP contribution in [0.2, 0.25) is 10.0 Å². The standard InChI is InChI=1S/C32H24Cl2O4/c33-29-11-7-23(8-12-29)21-37-31-5-1-3-25(17-31)15-27(19-35)28(20-36)16-26-4-2-6-32(18-26)38-22-24-9-13-30(34)14-10-24/h1-20H,21-22H2. The lowest BCUT2D eigenvalue weighted by Crippen LogP contribution is -1.97. The first-order chi connectivity index (χ1) is 18.5. The zero-order chi connectivity index (χ0) is 26.7. The van der Waals surface area contributed by atoms with Gasteiger partial charge in [0.25, 0.3) is 0 Å². The van der Waals surface area contributed by atoms with Crippen molar-refractivity contribution in [1.82, 2.24) is 0 Å². The third-order valence-corrected chi connectivity index (χ3v) is 6.09. The van der Waals surface area contributed by atoms with Gasteiger partial charge < -0.3 is 9.47 Å². The maximum Gasteiger partial charge on any atom is 0.150 e. The number of carbonyl (C=O) groups excluding carboxylic acids is 2. The van der Waals surface area contributed by atoms with Crippen molar-refractivity contribution >= 4 is 47.9 Å². The highest BCUT2D eigenvalue weighted by Crippen LogP contribution is 2.22. The molecule has 0 spiro atoms. The van der Waals surface area contributed by atoms with Crippen molar-refractivity contribution in [2.45, 2.75) is 13.2 Å². The first-order valence-corrected chi connectivity index (χ1v) is 12.6. The molecule has 6 heteroatoms. The van der Waals surface area contributed by atoms with Crippen LogP contribution >= 0.6 is 23.2 Å². The Bertz CT molecular complexity index is 1340. The van der Waals surface area contributed by atoms with Crippen LogP contribution in [0, 0.1) is 0 Å². The van der Waals surface area contributed by atoms with Crippen LogP contribution in [-0.4, -0.2) is 12.6 Å². The molecule has 0 aliphatic heterocycles. The lowest BCUT2D eigenvalue weighted by atomic mass is 10.0. The van der Waals surface area contributed by atoms with E-state index < -0.39 is 0 Å². The summed E-state index contributed by atoms with van der Waals surface area (Å²) in [7, 11) is 0. The summed E-state index contributed by atoms with van der Waals surface area (Å²) in [5.74, 6) is 1.28. The van der Waals surface area contributed by atoms with Crippen LogP contribution in [0.15, 0.2) is 108 Å². The van der Waals surface area contributed by atoms with Gasteiger partial charge in [0.2, 0.25) is 0 Å². The third kappa shape index (κ3) is 7.94. The Balaban J connectivity index is 1.48. The van der Waals surface area contributed by atoms with Crippen LogP contribution in [-0.2, 0) is 22.8 Å². The topological polar surface area (TPSA) is 52.6 Å². The lowest BCUT2D eigenvalue weighted by Gasteiger charge is -2.08. The number of rotatable bonds is 11. The second kappa shape index (κ2) is 13.4. The fourth-order valence-corrected chi connectivity index (χ4v) is 3.86. The molecule has 4 aromatic rings. The predicted molar refractivity (Wildman–Crippen MR) is 153 cm³/mol. The fraction of sp³-hybridized carbons (Fsp3) is 0.0625.